The van der Waals surface area contributed by atoms with Crippen molar-refractivity contribution in [3.63, 3.8) is 0 Å². The Kier molecular flexibility index (Phi) is 5.64. The van der Waals surface area contributed by atoms with Crippen molar-refractivity contribution in [2.24, 2.45) is 0 Å². The number of hydrogen-bond donors (Lipinski definition) is 1. The largest absolute Gasteiger partial charge is 0.374 e. The van der Waals surface area contributed by atoms with E-state index in [1.807, 2.05) is 47.1 Å². The monoisotopic (exact) mass is 474 g/mol. The Hall–Kier alpha value is -3.46. The molecule has 0 spiro atoms. The molecule has 3 fully saturated rings. The Morgan fingerprint density at radius 3 is 2.80 bits per heavy atom. The fourth-order valence-electron chi connectivity index (χ4n) is 5.67. The average molecular weight is 475 g/mol. The molecule has 3 aromatic rings. The number of ether oxygens (including phenoxy) is 1. The lowest BCUT2D eigenvalue weighted by Gasteiger charge is -2.46. The third-order valence-corrected chi connectivity index (χ3v) is 7.57. The number of aryl methyl sites for hydroxylation is 1. The fraction of sp³-hybridized carbons (Fsp3) is 0.462. The van der Waals surface area contributed by atoms with Crippen LogP contribution in [-0.2, 0) is 4.74 Å². The highest BCUT2D eigenvalue weighted by molar-refractivity contribution is 6.05. The molecule has 0 aliphatic carbocycles. The van der Waals surface area contributed by atoms with Gasteiger partial charge in [-0.2, -0.15) is 5.10 Å². The van der Waals surface area contributed by atoms with E-state index in [1.165, 1.54) is 12.8 Å². The quantitative estimate of drug-likeness (QED) is 0.627. The van der Waals surface area contributed by atoms with Gasteiger partial charge in [-0.3, -0.25) is 19.7 Å². The molecule has 3 aliphatic rings. The smallest absolute Gasteiger partial charge is 0.272 e. The first kappa shape index (κ1) is 22.0. The number of para-hydroxylation sites is 1. The number of H-pyrrole nitrogens is 1. The summed E-state index contributed by atoms with van der Waals surface area (Å²) in [5, 5.41) is 8.17. The number of nitrogens with zero attached hydrogens (tertiary/aromatic N) is 5. The molecule has 6 rings (SSSR count). The summed E-state index contributed by atoms with van der Waals surface area (Å²) in [5.74, 6) is -0.190. The molecular weight excluding hydrogens is 444 g/mol. The molecule has 0 saturated carbocycles. The maximum absolute atomic E-state index is 13.7. The maximum atomic E-state index is 13.7. The van der Waals surface area contributed by atoms with Crippen LogP contribution < -0.4 is 4.90 Å². The molecule has 9 nitrogen and oxygen atoms in total. The molecule has 3 aliphatic heterocycles. The van der Waals surface area contributed by atoms with Crippen molar-refractivity contribution >= 4 is 28.4 Å². The van der Waals surface area contributed by atoms with Crippen molar-refractivity contribution in [3.05, 3.63) is 53.5 Å². The van der Waals surface area contributed by atoms with Gasteiger partial charge in [0.2, 0.25) is 0 Å². The Morgan fingerprint density at radius 1 is 1.09 bits per heavy atom. The second kappa shape index (κ2) is 8.96. The number of nitrogens with one attached hydrogen (secondary N) is 1. The average Bonchev–Trinajstić information content (AvgIpc) is 3.59. The standard InChI is InChI=1S/C26H30N6O3/c1-17-5-4-6-19-23(17)28-29-24(19)26(34)32-13-14-35-22-8-12-31(16-21(22)32)25(33)20-15-18(7-9-27-20)30-10-2-3-11-30/h4-7,9,15,21-22H,2-3,8,10-14,16H2,1H3,(H,28,29)/t21-,22+/m1/s1. The SMILES string of the molecule is Cc1cccc2c(C(=O)N3CCO[C@H]4CCN(C(=O)c5cc(N6CCCC6)ccn5)C[C@H]43)[nH]nc12. The minimum atomic E-state index is -0.209. The van der Waals surface area contributed by atoms with Gasteiger partial charge in [0.25, 0.3) is 11.8 Å². The van der Waals surface area contributed by atoms with Crippen molar-refractivity contribution in [1.29, 1.82) is 0 Å². The highest BCUT2D eigenvalue weighted by Gasteiger charge is 2.41. The van der Waals surface area contributed by atoms with Crippen LogP contribution in [0.3, 0.4) is 0 Å². The number of fused-ring (bicyclic) bond motifs is 2. The van der Waals surface area contributed by atoms with Crippen LogP contribution >= 0.6 is 0 Å². The van der Waals surface area contributed by atoms with Crippen LogP contribution in [-0.4, -0.2) is 88.3 Å². The summed E-state index contributed by atoms with van der Waals surface area (Å²) in [6.45, 7) is 6.00. The zero-order chi connectivity index (χ0) is 23.9. The van der Waals surface area contributed by atoms with Crippen LogP contribution in [0.5, 0.6) is 0 Å². The summed E-state index contributed by atoms with van der Waals surface area (Å²) in [4.78, 5) is 37.5. The number of benzene rings is 1. The first-order valence-corrected chi connectivity index (χ1v) is 12.5. The van der Waals surface area contributed by atoms with Gasteiger partial charge in [0.05, 0.1) is 24.3 Å². The molecule has 1 N–H and O–H groups in total. The van der Waals surface area contributed by atoms with E-state index in [1.54, 1.807) is 6.20 Å². The van der Waals surface area contributed by atoms with Crippen LogP contribution in [0.2, 0.25) is 0 Å². The minimum Gasteiger partial charge on any atom is -0.374 e. The molecule has 9 heteroatoms. The van der Waals surface area contributed by atoms with E-state index >= 15 is 0 Å². The van der Waals surface area contributed by atoms with Crippen LogP contribution in [0.4, 0.5) is 5.69 Å². The van der Waals surface area contributed by atoms with E-state index in [0.717, 1.165) is 35.2 Å². The van der Waals surface area contributed by atoms with E-state index in [2.05, 4.69) is 20.1 Å². The van der Waals surface area contributed by atoms with E-state index in [9.17, 15) is 9.59 Å². The van der Waals surface area contributed by atoms with Gasteiger partial charge in [0.1, 0.15) is 11.4 Å². The molecule has 2 atom stereocenters. The molecule has 182 valence electrons. The summed E-state index contributed by atoms with van der Waals surface area (Å²) in [6.07, 6.45) is 4.68. The van der Waals surface area contributed by atoms with Gasteiger partial charge in [-0.15, -0.1) is 0 Å². The molecule has 2 aromatic heterocycles. The number of piperidine rings is 1. The zero-order valence-corrected chi connectivity index (χ0v) is 19.9. The predicted octanol–water partition coefficient (Wildman–Crippen LogP) is 2.62. The van der Waals surface area contributed by atoms with Crippen LogP contribution in [0.1, 0.15) is 45.8 Å². The zero-order valence-electron chi connectivity index (χ0n) is 19.9. The number of carbonyl (C=O) groups excluding carboxylic acids is 2. The van der Waals surface area contributed by atoms with Gasteiger partial charge in [-0.05, 0) is 43.9 Å². The lowest BCUT2D eigenvalue weighted by Crippen LogP contribution is -2.62. The van der Waals surface area contributed by atoms with Gasteiger partial charge in [0.15, 0.2) is 0 Å². The van der Waals surface area contributed by atoms with Crippen molar-refractivity contribution in [1.82, 2.24) is 25.0 Å². The number of hydrogen-bond acceptors (Lipinski definition) is 6. The van der Waals surface area contributed by atoms with Gasteiger partial charge in [0, 0.05) is 50.0 Å². The third kappa shape index (κ3) is 3.93. The summed E-state index contributed by atoms with van der Waals surface area (Å²) in [7, 11) is 0. The summed E-state index contributed by atoms with van der Waals surface area (Å²) in [5.41, 5.74) is 3.83. The van der Waals surface area contributed by atoms with Crippen LogP contribution in [0.15, 0.2) is 36.5 Å². The normalized spacial score (nSPS) is 22.5. The maximum Gasteiger partial charge on any atom is 0.272 e. The van der Waals surface area contributed by atoms with Crippen molar-refractivity contribution in [2.45, 2.75) is 38.3 Å². The van der Waals surface area contributed by atoms with Gasteiger partial charge in [-0.1, -0.05) is 18.2 Å². The van der Waals surface area contributed by atoms with E-state index in [-0.39, 0.29) is 24.0 Å². The van der Waals surface area contributed by atoms with Crippen LogP contribution in [0.25, 0.3) is 10.9 Å². The number of likely N-dealkylation sites (tertiary alicyclic amines) is 1. The molecule has 35 heavy (non-hydrogen) atoms. The first-order chi connectivity index (χ1) is 17.1. The molecule has 2 amide bonds. The van der Waals surface area contributed by atoms with E-state index in [0.29, 0.717) is 44.0 Å². The van der Waals surface area contributed by atoms with Crippen LogP contribution in [0, 0.1) is 6.92 Å². The second-order valence-electron chi connectivity index (χ2n) is 9.68. The molecule has 1 aromatic carbocycles. The highest BCUT2D eigenvalue weighted by atomic mass is 16.5. The summed E-state index contributed by atoms with van der Waals surface area (Å²) in [6, 6.07) is 9.51. The number of rotatable bonds is 3. The Morgan fingerprint density at radius 2 is 1.94 bits per heavy atom. The van der Waals surface area contributed by atoms with Gasteiger partial charge in [-0.25, -0.2) is 0 Å². The molecule has 5 heterocycles. The second-order valence-corrected chi connectivity index (χ2v) is 9.68. The van der Waals surface area contributed by atoms with Gasteiger partial charge < -0.3 is 19.4 Å². The first-order valence-electron chi connectivity index (χ1n) is 12.5. The lowest BCUT2D eigenvalue weighted by atomic mass is 9.97. The molecule has 0 radical (unpaired) electrons. The molecule has 0 bridgehead atoms. The van der Waals surface area contributed by atoms with E-state index < -0.39 is 0 Å². The number of carbonyl (C=O) groups is 2. The Labute approximate surface area is 204 Å². The number of morpholine rings is 1. The number of aromatic nitrogens is 3. The Balaban J connectivity index is 1.23. The Bertz CT molecular complexity index is 1270. The number of anilines is 1. The van der Waals surface area contributed by atoms with Gasteiger partial charge >= 0.3 is 0 Å². The summed E-state index contributed by atoms with van der Waals surface area (Å²) >= 11 is 0. The lowest BCUT2D eigenvalue weighted by molar-refractivity contribution is -0.0856. The number of pyridine rings is 1. The topological polar surface area (TPSA) is 94.7 Å². The third-order valence-electron chi connectivity index (χ3n) is 7.57. The minimum absolute atomic E-state index is 0.0865. The summed E-state index contributed by atoms with van der Waals surface area (Å²) < 4.78 is 6.03. The van der Waals surface area contributed by atoms with Crippen molar-refractivity contribution in [3.8, 4) is 0 Å². The van der Waals surface area contributed by atoms with Crippen molar-refractivity contribution < 1.29 is 14.3 Å². The predicted molar refractivity (Wildman–Crippen MR) is 132 cm³/mol. The van der Waals surface area contributed by atoms with Crippen molar-refractivity contribution in [2.75, 3.05) is 44.2 Å². The van der Waals surface area contributed by atoms with E-state index in [4.69, 9.17) is 4.74 Å². The molecule has 0 unspecified atom stereocenters. The number of aromatic amines is 1. The molecular formula is C26H30N6O3. The fourth-order valence-corrected chi connectivity index (χ4v) is 5.67. The number of amides is 2. The molecule has 3 saturated heterocycles. The highest BCUT2D eigenvalue weighted by Crippen LogP contribution is 2.28.